The average molecular weight is 352 g/mol. The van der Waals surface area contributed by atoms with E-state index in [1.54, 1.807) is 36.4 Å². The number of benzene rings is 2. The summed E-state index contributed by atoms with van der Waals surface area (Å²) in [6.45, 7) is 2.66. The topological polar surface area (TPSA) is 99.3 Å². The fraction of sp³-hybridized carbons (Fsp3) is 0.200. The van der Waals surface area contributed by atoms with E-state index < -0.39 is 12.1 Å². The Labute approximate surface area is 151 Å². The van der Waals surface area contributed by atoms with Crippen LogP contribution in [-0.2, 0) is 9.59 Å². The van der Waals surface area contributed by atoms with Crippen molar-refractivity contribution in [2.45, 2.75) is 25.9 Å². The predicted octanol–water partition coefficient (Wildman–Crippen LogP) is 2.55. The van der Waals surface area contributed by atoms with E-state index in [2.05, 4.69) is 9.98 Å². The second kappa shape index (κ2) is 8.71. The monoisotopic (exact) mass is 352 g/mol. The van der Waals surface area contributed by atoms with Crippen molar-refractivity contribution < 1.29 is 19.8 Å². The number of phenols is 2. The van der Waals surface area contributed by atoms with Gasteiger partial charge in [-0.2, -0.15) is 0 Å². The summed E-state index contributed by atoms with van der Waals surface area (Å²) in [5.41, 5.74) is 0.872. The van der Waals surface area contributed by atoms with E-state index in [9.17, 15) is 19.8 Å². The highest BCUT2D eigenvalue weighted by Crippen LogP contribution is 2.16. The van der Waals surface area contributed by atoms with Crippen molar-refractivity contribution in [2.75, 3.05) is 0 Å². The summed E-state index contributed by atoms with van der Waals surface area (Å²) in [5.74, 6) is -0.608. The molecule has 0 amide bonds. The second-order valence-corrected chi connectivity index (χ2v) is 5.78. The SMILES string of the molecule is CC(=O)C(N=Cc1ccccc1O)C(N=Cc1ccccc1O)C(C)=O. The first kappa shape index (κ1) is 19.1. The van der Waals surface area contributed by atoms with Crippen LogP contribution in [0.25, 0.3) is 0 Å². The molecule has 0 saturated heterocycles. The third kappa shape index (κ3) is 4.86. The highest BCUT2D eigenvalue weighted by atomic mass is 16.3. The standard InChI is InChI=1S/C20H20N2O4/c1-13(23)19(21-11-15-7-3-5-9-17(15)25)20(14(2)24)22-12-16-8-4-6-10-18(16)26/h3-12,19-20,25-26H,1-2H3. The van der Waals surface area contributed by atoms with Crippen molar-refractivity contribution >= 4 is 24.0 Å². The van der Waals surface area contributed by atoms with Crippen molar-refractivity contribution in [3.8, 4) is 11.5 Å². The first-order valence-electron chi connectivity index (χ1n) is 8.03. The summed E-state index contributed by atoms with van der Waals surface area (Å²) >= 11 is 0. The maximum absolute atomic E-state index is 12.0. The zero-order valence-electron chi connectivity index (χ0n) is 14.5. The van der Waals surface area contributed by atoms with Crippen molar-refractivity contribution in [3.05, 3.63) is 59.7 Å². The molecule has 0 bridgehead atoms. The van der Waals surface area contributed by atoms with Gasteiger partial charge in [0.05, 0.1) is 0 Å². The molecular weight excluding hydrogens is 332 g/mol. The van der Waals surface area contributed by atoms with Crippen LogP contribution in [0.4, 0.5) is 0 Å². The van der Waals surface area contributed by atoms with Crippen LogP contribution in [-0.4, -0.2) is 46.3 Å². The summed E-state index contributed by atoms with van der Waals surface area (Å²) in [6, 6.07) is 11.0. The molecule has 0 aliphatic rings. The molecular formula is C20H20N2O4. The molecule has 0 aliphatic heterocycles. The molecule has 0 aliphatic carbocycles. The lowest BCUT2D eigenvalue weighted by Gasteiger charge is -2.15. The number of rotatable bonds is 7. The van der Waals surface area contributed by atoms with E-state index in [0.717, 1.165) is 0 Å². The number of hydrogen-bond acceptors (Lipinski definition) is 6. The first-order valence-corrected chi connectivity index (χ1v) is 8.03. The molecule has 0 spiro atoms. The largest absolute Gasteiger partial charge is 0.507 e. The molecule has 0 fully saturated rings. The Morgan fingerprint density at radius 2 is 1.12 bits per heavy atom. The van der Waals surface area contributed by atoms with Gasteiger partial charge in [-0.3, -0.25) is 19.6 Å². The molecule has 134 valence electrons. The van der Waals surface area contributed by atoms with E-state index >= 15 is 0 Å². The van der Waals surface area contributed by atoms with Gasteiger partial charge in [-0.1, -0.05) is 24.3 Å². The second-order valence-electron chi connectivity index (χ2n) is 5.78. The lowest BCUT2D eigenvalue weighted by Crippen LogP contribution is -2.35. The van der Waals surface area contributed by atoms with Crippen LogP contribution in [0, 0.1) is 0 Å². The fourth-order valence-corrected chi connectivity index (χ4v) is 2.33. The third-order valence-corrected chi connectivity index (χ3v) is 3.75. The Morgan fingerprint density at radius 3 is 1.42 bits per heavy atom. The Hall–Kier alpha value is -3.28. The normalized spacial score (nSPS) is 13.8. The molecule has 2 rings (SSSR count). The number of ketones is 2. The number of hydrogen-bond donors (Lipinski definition) is 2. The molecule has 6 nitrogen and oxygen atoms in total. The Kier molecular flexibility index (Phi) is 6.38. The zero-order chi connectivity index (χ0) is 19.1. The van der Waals surface area contributed by atoms with Gasteiger partial charge in [0.15, 0.2) is 11.6 Å². The van der Waals surface area contributed by atoms with Gasteiger partial charge in [0, 0.05) is 23.6 Å². The van der Waals surface area contributed by atoms with E-state index in [1.807, 2.05) is 0 Å². The molecule has 0 aromatic heterocycles. The molecule has 2 N–H and O–H groups in total. The quantitative estimate of drug-likeness (QED) is 0.748. The minimum atomic E-state index is -1.02. The molecule has 0 saturated carbocycles. The molecule has 2 aromatic rings. The highest BCUT2D eigenvalue weighted by molar-refractivity contribution is 5.96. The van der Waals surface area contributed by atoms with E-state index in [0.29, 0.717) is 11.1 Å². The molecule has 6 heteroatoms. The molecule has 2 unspecified atom stereocenters. The smallest absolute Gasteiger partial charge is 0.156 e. The Morgan fingerprint density at radius 1 is 0.769 bits per heavy atom. The number of carbonyl (C=O) groups excluding carboxylic acids is 2. The van der Waals surface area contributed by atoms with Gasteiger partial charge >= 0.3 is 0 Å². The van der Waals surface area contributed by atoms with Crippen LogP contribution < -0.4 is 0 Å². The van der Waals surface area contributed by atoms with Gasteiger partial charge in [-0.25, -0.2) is 0 Å². The summed E-state index contributed by atoms with van der Waals surface area (Å²) in [4.78, 5) is 32.4. The van der Waals surface area contributed by atoms with Gasteiger partial charge in [0.1, 0.15) is 23.6 Å². The minimum absolute atomic E-state index is 0.0237. The van der Waals surface area contributed by atoms with Crippen LogP contribution in [0.3, 0.4) is 0 Å². The Balaban J connectivity index is 2.32. The van der Waals surface area contributed by atoms with Crippen LogP contribution >= 0.6 is 0 Å². The lowest BCUT2D eigenvalue weighted by atomic mass is 10.0. The Bertz CT molecular complexity index is 787. The molecule has 2 atom stereocenters. The van der Waals surface area contributed by atoms with Crippen molar-refractivity contribution in [1.82, 2.24) is 0 Å². The fourth-order valence-electron chi connectivity index (χ4n) is 2.33. The number of carbonyl (C=O) groups is 2. The summed E-state index contributed by atoms with van der Waals surface area (Å²) in [5, 5.41) is 19.6. The average Bonchev–Trinajstić information content (AvgIpc) is 2.59. The van der Waals surface area contributed by atoms with Gasteiger partial charge in [-0.15, -0.1) is 0 Å². The summed E-state index contributed by atoms with van der Waals surface area (Å²) < 4.78 is 0. The molecule has 2 aromatic carbocycles. The zero-order valence-corrected chi connectivity index (χ0v) is 14.5. The van der Waals surface area contributed by atoms with E-state index in [4.69, 9.17) is 0 Å². The third-order valence-electron chi connectivity index (χ3n) is 3.75. The van der Waals surface area contributed by atoms with Crippen LogP contribution in [0.5, 0.6) is 11.5 Å². The summed E-state index contributed by atoms with van der Waals surface area (Å²) in [7, 11) is 0. The van der Waals surface area contributed by atoms with Gasteiger partial charge in [0.25, 0.3) is 0 Å². The number of para-hydroxylation sites is 2. The number of aromatic hydroxyl groups is 2. The van der Waals surface area contributed by atoms with Crippen molar-refractivity contribution in [1.29, 1.82) is 0 Å². The maximum atomic E-state index is 12.0. The number of aliphatic imine (C=N–C) groups is 2. The highest BCUT2D eigenvalue weighted by Gasteiger charge is 2.27. The van der Waals surface area contributed by atoms with Gasteiger partial charge < -0.3 is 10.2 Å². The predicted molar refractivity (Wildman–Crippen MR) is 100 cm³/mol. The lowest BCUT2D eigenvalue weighted by molar-refractivity contribution is -0.124. The summed E-state index contributed by atoms with van der Waals surface area (Å²) in [6.07, 6.45) is 2.71. The molecule has 0 heterocycles. The van der Waals surface area contributed by atoms with E-state index in [-0.39, 0.29) is 23.1 Å². The van der Waals surface area contributed by atoms with Gasteiger partial charge in [-0.05, 0) is 38.1 Å². The number of phenolic OH excluding ortho intramolecular Hbond substituents is 2. The molecule has 0 radical (unpaired) electrons. The molecule has 26 heavy (non-hydrogen) atoms. The van der Waals surface area contributed by atoms with Crippen molar-refractivity contribution in [2.24, 2.45) is 9.98 Å². The number of Topliss-reactive ketones (excluding diaryl/α,β-unsaturated/α-hetero) is 2. The van der Waals surface area contributed by atoms with Crippen molar-refractivity contribution in [3.63, 3.8) is 0 Å². The van der Waals surface area contributed by atoms with Crippen LogP contribution in [0.15, 0.2) is 58.5 Å². The van der Waals surface area contributed by atoms with Crippen LogP contribution in [0.2, 0.25) is 0 Å². The van der Waals surface area contributed by atoms with Gasteiger partial charge in [0.2, 0.25) is 0 Å². The van der Waals surface area contributed by atoms with Crippen LogP contribution in [0.1, 0.15) is 25.0 Å². The van der Waals surface area contributed by atoms with E-state index in [1.165, 1.54) is 38.4 Å². The maximum Gasteiger partial charge on any atom is 0.156 e. The first-order chi connectivity index (χ1) is 12.4. The number of nitrogens with zero attached hydrogens (tertiary/aromatic N) is 2. The minimum Gasteiger partial charge on any atom is -0.507 e.